The number of benzene rings is 1. The number of oxazole rings is 1. The van der Waals surface area contributed by atoms with E-state index in [1.807, 2.05) is 38.3 Å². The van der Waals surface area contributed by atoms with Crippen LogP contribution in [0.4, 0.5) is 0 Å². The summed E-state index contributed by atoms with van der Waals surface area (Å²) in [6, 6.07) is 8.16. The summed E-state index contributed by atoms with van der Waals surface area (Å²) in [5.41, 5.74) is 3.05. The molecule has 0 saturated heterocycles. The highest BCUT2D eigenvalue weighted by atomic mass is 35.5. The predicted molar refractivity (Wildman–Crippen MR) is 125 cm³/mol. The molecular formula is C25H33ClN2O. The van der Waals surface area contributed by atoms with Crippen molar-refractivity contribution >= 4 is 23.5 Å². The lowest BCUT2D eigenvalue weighted by Gasteiger charge is -2.14. The lowest BCUT2D eigenvalue weighted by atomic mass is 9.92. The maximum Gasteiger partial charge on any atom is 0.245 e. The summed E-state index contributed by atoms with van der Waals surface area (Å²) in [6.45, 7) is 12.1. The first-order valence-electron chi connectivity index (χ1n) is 10.7. The third-order valence-electron chi connectivity index (χ3n) is 5.10. The summed E-state index contributed by atoms with van der Waals surface area (Å²) >= 11 is 6.19. The minimum Gasteiger partial charge on any atom is -0.440 e. The van der Waals surface area contributed by atoms with E-state index in [9.17, 15) is 0 Å². The molecule has 156 valence electrons. The van der Waals surface area contributed by atoms with Gasteiger partial charge in [0.15, 0.2) is 0 Å². The van der Waals surface area contributed by atoms with E-state index in [-0.39, 0.29) is 0 Å². The third kappa shape index (κ3) is 6.43. The van der Waals surface area contributed by atoms with E-state index in [0.717, 1.165) is 54.3 Å². The highest BCUT2D eigenvalue weighted by Gasteiger charge is 2.24. The van der Waals surface area contributed by atoms with Gasteiger partial charge < -0.3 is 4.42 Å². The SMILES string of the molecule is C=C/C=C(\N=CC(C)CC)c1nc2c(o1)CCCC(c1cccc(Cl)c1)C2.CC. The maximum atomic E-state index is 6.19. The van der Waals surface area contributed by atoms with Gasteiger partial charge in [-0.05, 0) is 54.9 Å². The Hall–Kier alpha value is -2.13. The largest absolute Gasteiger partial charge is 0.440 e. The molecule has 1 aromatic carbocycles. The average Bonchev–Trinajstić information content (AvgIpc) is 3.03. The van der Waals surface area contributed by atoms with Crippen molar-refractivity contribution in [2.45, 2.75) is 65.7 Å². The van der Waals surface area contributed by atoms with Gasteiger partial charge in [0.2, 0.25) is 5.89 Å². The maximum absolute atomic E-state index is 6.19. The molecule has 0 bridgehead atoms. The smallest absolute Gasteiger partial charge is 0.245 e. The minimum absolute atomic E-state index is 0.415. The van der Waals surface area contributed by atoms with E-state index in [0.29, 0.717) is 17.7 Å². The van der Waals surface area contributed by atoms with Crippen LogP contribution in [0.25, 0.3) is 5.70 Å². The Morgan fingerprint density at radius 1 is 1.41 bits per heavy atom. The molecule has 0 spiro atoms. The van der Waals surface area contributed by atoms with E-state index >= 15 is 0 Å². The summed E-state index contributed by atoms with van der Waals surface area (Å²) in [7, 11) is 0. The molecule has 2 unspecified atom stereocenters. The summed E-state index contributed by atoms with van der Waals surface area (Å²) in [5.74, 6) is 2.41. The molecule has 1 heterocycles. The zero-order valence-electron chi connectivity index (χ0n) is 18.1. The fraction of sp³-hybridized carbons (Fsp3) is 0.440. The molecule has 0 amide bonds. The van der Waals surface area contributed by atoms with Crippen LogP contribution < -0.4 is 0 Å². The third-order valence-corrected chi connectivity index (χ3v) is 5.34. The Morgan fingerprint density at radius 2 is 2.21 bits per heavy atom. The second-order valence-corrected chi connectivity index (χ2v) is 7.62. The average molecular weight is 413 g/mol. The van der Waals surface area contributed by atoms with Crippen LogP contribution in [0, 0.1) is 5.92 Å². The molecule has 29 heavy (non-hydrogen) atoms. The lowest BCUT2D eigenvalue weighted by molar-refractivity contribution is 0.481. The summed E-state index contributed by atoms with van der Waals surface area (Å²) in [5, 5.41) is 0.786. The molecule has 1 aliphatic rings. The van der Waals surface area contributed by atoms with Gasteiger partial charge in [-0.2, -0.15) is 0 Å². The zero-order valence-corrected chi connectivity index (χ0v) is 18.9. The number of nitrogens with zero attached hydrogens (tertiary/aromatic N) is 2. The predicted octanol–water partition coefficient (Wildman–Crippen LogP) is 7.66. The topological polar surface area (TPSA) is 38.4 Å². The van der Waals surface area contributed by atoms with Crippen LogP contribution in [0.1, 0.15) is 75.8 Å². The van der Waals surface area contributed by atoms with E-state index in [1.165, 1.54) is 5.56 Å². The Morgan fingerprint density at radius 3 is 2.90 bits per heavy atom. The summed E-state index contributed by atoms with van der Waals surface area (Å²) in [6.07, 6.45) is 10.6. The Labute approximate surface area is 180 Å². The van der Waals surface area contributed by atoms with Crippen molar-refractivity contribution in [3.63, 3.8) is 0 Å². The monoisotopic (exact) mass is 412 g/mol. The van der Waals surface area contributed by atoms with Gasteiger partial charge in [0, 0.05) is 24.1 Å². The van der Waals surface area contributed by atoms with Crippen molar-refractivity contribution in [1.82, 2.24) is 4.98 Å². The van der Waals surface area contributed by atoms with Gasteiger partial charge in [0.05, 0.1) is 5.69 Å². The quantitative estimate of drug-likeness (QED) is 0.277. The summed E-state index contributed by atoms with van der Waals surface area (Å²) in [4.78, 5) is 9.40. The fourth-order valence-corrected chi connectivity index (χ4v) is 3.53. The van der Waals surface area contributed by atoms with Gasteiger partial charge in [-0.1, -0.05) is 64.1 Å². The molecule has 0 radical (unpaired) electrons. The van der Waals surface area contributed by atoms with Crippen LogP contribution in [-0.2, 0) is 12.8 Å². The minimum atomic E-state index is 0.415. The van der Waals surface area contributed by atoms with E-state index < -0.39 is 0 Å². The van der Waals surface area contributed by atoms with Crippen molar-refractivity contribution < 1.29 is 4.42 Å². The molecule has 4 heteroatoms. The lowest BCUT2D eigenvalue weighted by Crippen LogP contribution is -2.02. The van der Waals surface area contributed by atoms with Crippen LogP contribution >= 0.6 is 11.6 Å². The Bertz CT molecular complexity index is 850. The van der Waals surface area contributed by atoms with Gasteiger partial charge in [0.1, 0.15) is 11.5 Å². The number of halogens is 1. The number of allylic oxidation sites excluding steroid dienone is 2. The van der Waals surface area contributed by atoms with Gasteiger partial charge in [0.25, 0.3) is 0 Å². The van der Waals surface area contributed by atoms with Crippen LogP contribution in [0.15, 0.2) is 52.4 Å². The first-order valence-corrected chi connectivity index (χ1v) is 11.1. The molecule has 1 aromatic heterocycles. The zero-order chi connectivity index (χ0) is 21.2. The number of aryl methyl sites for hydroxylation is 1. The van der Waals surface area contributed by atoms with Crippen LogP contribution in [-0.4, -0.2) is 11.2 Å². The highest BCUT2D eigenvalue weighted by Crippen LogP contribution is 2.34. The van der Waals surface area contributed by atoms with Gasteiger partial charge in [-0.25, -0.2) is 4.98 Å². The first-order chi connectivity index (χ1) is 14.1. The number of hydrogen-bond donors (Lipinski definition) is 0. The molecule has 0 aliphatic heterocycles. The molecule has 0 saturated carbocycles. The van der Waals surface area contributed by atoms with Gasteiger partial charge in [-0.3, -0.25) is 4.99 Å². The fourth-order valence-electron chi connectivity index (χ4n) is 3.33. The number of rotatable bonds is 6. The molecule has 1 aliphatic carbocycles. The molecule has 2 atom stereocenters. The molecular weight excluding hydrogens is 380 g/mol. The van der Waals surface area contributed by atoms with E-state index in [2.05, 4.69) is 37.6 Å². The standard InChI is InChI=1S/C23H27ClN2O.C2H6/c1-4-8-20(25-15-16(3)5-2)23-26-21-14-18(10-7-12-22(21)27-23)17-9-6-11-19(24)13-17;1-2/h4,6,8-9,11,13,15-16,18H,1,5,7,10,12,14H2,2-3H3;1-2H3/b20-8-,25-15?;. The van der Waals surface area contributed by atoms with Gasteiger partial charge >= 0.3 is 0 Å². The molecule has 3 rings (SSSR count). The molecule has 0 fully saturated rings. The van der Waals surface area contributed by atoms with Crippen LogP contribution in [0.5, 0.6) is 0 Å². The highest BCUT2D eigenvalue weighted by molar-refractivity contribution is 6.30. The summed E-state index contributed by atoms with van der Waals surface area (Å²) < 4.78 is 6.11. The normalized spacial score (nSPS) is 17.8. The number of aliphatic imine (C=N–C) groups is 1. The van der Waals surface area contributed by atoms with Crippen molar-refractivity contribution in [2.75, 3.05) is 0 Å². The van der Waals surface area contributed by atoms with Crippen molar-refractivity contribution in [2.24, 2.45) is 10.9 Å². The van der Waals surface area contributed by atoms with Crippen LogP contribution in [0.3, 0.4) is 0 Å². The molecule has 3 nitrogen and oxygen atoms in total. The molecule has 0 N–H and O–H groups in total. The van der Waals surface area contributed by atoms with Gasteiger partial charge in [-0.15, -0.1) is 0 Å². The second kappa shape index (κ2) is 11.8. The Kier molecular flexibility index (Phi) is 9.40. The first kappa shape index (κ1) is 23.2. The number of fused-ring (bicyclic) bond motifs is 1. The van der Waals surface area contributed by atoms with Crippen molar-refractivity contribution in [3.05, 3.63) is 70.9 Å². The Balaban J connectivity index is 0.00000145. The van der Waals surface area contributed by atoms with Crippen LogP contribution in [0.2, 0.25) is 5.02 Å². The number of hydrogen-bond acceptors (Lipinski definition) is 3. The van der Waals surface area contributed by atoms with E-state index in [1.54, 1.807) is 6.08 Å². The molecule has 2 aromatic rings. The van der Waals surface area contributed by atoms with Crippen molar-refractivity contribution in [1.29, 1.82) is 0 Å². The van der Waals surface area contributed by atoms with Crippen molar-refractivity contribution in [3.8, 4) is 0 Å². The van der Waals surface area contributed by atoms with E-state index in [4.69, 9.17) is 21.0 Å². The number of aromatic nitrogens is 1. The second-order valence-electron chi connectivity index (χ2n) is 7.19.